The maximum absolute atomic E-state index is 14.3. The topological polar surface area (TPSA) is 105 Å². The van der Waals surface area contributed by atoms with Crippen LogP contribution in [0.15, 0.2) is 48.5 Å². The van der Waals surface area contributed by atoms with Gasteiger partial charge in [-0.25, -0.2) is 4.79 Å². The van der Waals surface area contributed by atoms with Crippen LogP contribution in [0.3, 0.4) is 0 Å². The third kappa shape index (κ3) is 5.44. The van der Waals surface area contributed by atoms with E-state index in [-0.39, 0.29) is 19.1 Å². The minimum absolute atomic E-state index is 0.0319. The Kier molecular flexibility index (Phi) is 7.33. The lowest BCUT2D eigenvalue weighted by atomic mass is 9.79. The van der Waals surface area contributed by atoms with Crippen LogP contribution in [0, 0.1) is 11.8 Å². The summed E-state index contributed by atoms with van der Waals surface area (Å²) in [6, 6.07) is 15.5. The fourth-order valence-corrected chi connectivity index (χ4v) is 5.04. The molecule has 186 valence electrons. The Morgan fingerprint density at radius 3 is 2.17 bits per heavy atom. The molecular formula is C26H28F2N2O5. The second kappa shape index (κ2) is 10.4. The van der Waals surface area contributed by atoms with Crippen LogP contribution >= 0.6 is 0 Å². The van der Waals surface area contributed by atoms with E-state index in [4.69, 9.17) is 4.74 Å². The number of carbonyl (C=O) groups is 3. The molecule has 0 bridgehead atoms. The largest absolute Gasteiger partial charge is 0.481 e. The lowest BCUT2D eigenvalue weighted by Gasteiger charge is -2.29. The second-order valence-electron chi connectivity index (χ2n) is 9.08. The third-order valence-electron chi connectivity index (χ3n) is 6.88. The number of ether oxygens (including phenoxy) is 1. The Balaban J connectivity index is 1.27. The van der Waals surface area contributed by atoms with E-state index < -0.39 is 42.3 Å². The van der Waals surface area contributed by atoms with Crippen molar-refractivity contribution in [3.05, 3.63) is 59.7 Å². The number of carboxylic acids is 1. The highest BCUT2D eigenvalue weighted by molar-refractivity contribution is 5.84. The van der Waals surface area contributed by atoms with Gasteiger partial charge in [-0.15, -0.1) is 0 Å². The number of fused-ring (bicyclic) bond motifs is 3. The molecule has 0 aliphatic heterocycles. The summed E-state index contributed by atoms with van der Waals surface area (Å²) >= 11 is 0. The molecule has 2 aromatic carbocycles. The molecule has 2 aliphatic rings. The van der Waals surface area contributed by atoms with Crippen LogP contribution in [0.5, 0.6) is 0 Å². The summed E-state index contributed by atoms with van der Waals surface area (Å²) in [5.41, 5.74) is 4.08. The number of hydrogen-bond acceptors (Lipinski definition) is 4. The first-order valence-corrected chi connectivity index (χ1v) is 11.8. The number of benzene rings is 2. The van der Waals surface area contributed by atoms with Crippen molar-refractivity contribution < 1.29 is 33.0 Å². The number of halogens is 2. The van der Waals surface area contributed by atoms with E-state index in [0.29, 0.717) is 12.8 Å². The molecule has 2 amide bonds. The molecule has 0 aromatic heterocycles. The van der Waals surface area contributed by atoms with Crippen LogP contribution in [0.2, 0.25) is 0 Å². The first-order chi connectivity index (χ1) is 16.8. The number of alkyl carbamates (subject to hydrolysis) is 1. The van der Waals surface area contributed by atoms with Crippen molar-refractivity contribution in [2.75, 3.05) is 19.7 Å². The quantitative estimate of drug-likeness (QED) is 0.520. The number of rotatable bonds is 8. The summed E-state index contributed by atoms with van der Waals surface area (Å²) in [6.45, 7) is -1.39. The average molecular weight is 487 g/mol. The van der Waals surface area contributed by atoms with E-state index in [9.17, 15) is 28.3 Å². The zero-order valence-electron chi connectivity index (χ0n) is 19.1. The van der Waals surface area contributed by atoms with Gasteiger partial charge < -0.3 is 20.5 Å². The monoisotopic (exact) mass is 486 g/mol. The summed E-state index contributed by atoms with van der Waals surface area (Å²) in [5.74, 6) is -7.65. The minimum Gasteiger partial charge on any atom is -0.481 e. The number of nitrogens with one attached hydrogen (secondary N) is 2. The van der Waals surface area contributed by atoms with Crippen LogP contribution in [0.4, 0.5) is 13.6 Å². The van der Waals surface area contributed by atoms with Gasteiger partial charge in [0.05, 0.1) is 12.5 Å². The molecule has 7 nitrogen and oxygen atoms in total. The van der Waals surface area contributed by atoms with Crippen molar-refractivity contribution in [1.29, 1.82) is 0 Å². The smallest absolute Gasteiger partial charge is 0.407 e. The highest BCUT2D eigenvalue weighted by atomic mass is 19.3. The third-order valence-corrected chi connectivity index (χ3v) is 6.88. The summed E-state index contributed by atoms with van der Waals surface area (Å²) in [5, 5.41) is 13.4. The Morgan fingerprint density at radius 1 is 0.943 bits per heavy atom. The number of hydrogen-bond donors (Lipinski definition) is 3. The van der Waals surface area contributed by atoms with Crippen molar-refractivity contribution in [2.45, 2.75) is 37.5 Å². The number of carbonyl (C=O) groups excluding carboxylic acids is 2. The van der Waals surface area contributed by atoms with Gasteiger partial charge in [0, 0.05) is 12.5 Å². The number of amides is 2. The number of alkyl halides is 2. The van der Waals surface area contributed by atoms with Gasteiger partial charge in [-0.2, -0.15) is 8.78 Å². The van der Waals surface area contributed by atoms with Gasteiger partial charge in [-0.05, 0) is 41.0 Å². The number of aliphatic carboxylic acids is 1. The lowest BCUT2D eigenvalue weighted by molar-refractivity contribution is -0.148. The zero-order valence-corrected chi connectivity index (χ0v) is 19.1. The van der Waals surface area contributed by atoms with E-state index >= 15 is 0 Å². The Morgan fingerprint density at radius 2 is 1.54 bits per heavy atom. The molecule has 2 unspecified atom stereocenters. The van der Waals surface area contributed by atoms with E-state index in [2.05, 4.69) is 5.32 Å². The summed E-state index contributed by atoms with van der Waals surface area (Å²) in [7, 11) is 0. The fraction of sp³-hybridized carbons (Fsp3) is 0.423. The summed E-state index contributed by atoms with van der Waals surface area (Å²) in [4.78, 5) is 35.5. The van der Waals surface area contributed by atoms with Crippen molar-refractivity contribution in [1.82, 2.24) is 10.6 Å². The van der Waals surface area contributed by atoms with E-state index in [1.165, 1.54) is 0 Å². The Hall–Kier alpha value is -3.49. The molecule has 3 N–H and O–H groups in total. The van der Waals surface area contributed by atoms with E-state index in [1.807, 2.05) is 53.8 Å². The van der Waals surface area contributed by atoms with E-state index in [0.717, 1.165) is 35.1 Å². The first-order valence-electron chi connectivity index (χ1n) is 11.8. The van der Waals surface area contributed by atoms with Crippen LogP contribution < -0.4 is 10.6 Å². The van der Waals surface area contributed by atoms with Gasteiger partial charge in [-0.1, -0.05) is 61.4 Å². The average Bonchev–Trinajstić information content (AvgIpc) is 3.18. The van der Waals surface area contributed by atoms with Crippen LogP contribution in [0.25, 0.3) is 11.1 Å². The summed E-state index contributed by atoms with van der Waals surface area (Å²) in [6.07, 6.45) is 1.54. The van der Waals surface area contributed by atoms with Crippen LogP contribution in [-0.4, -0.2) is 48.7 Å². The van der Waals surface area contributed by atoms with Gasteiger partial charge in [0.2, 0.25) is 0 Å². The zero-order chi connectivity index (χ0) is 25.0. The molecule has 35 heavy (non-hydrogen) atoms. The molecule has 1 fully saturated rings. The molecule has 2 atom stereocenters. The second-order valence-corrected chi connectivity index (χ2v) is 9.08. The lowest BCUT2D eigenvalue weighted by Crippen LogP contribution is -2.50. The SMILES string of the molecule is O=C(NCC(F)(F)C(=O)NCC1CCCCC1C(=O)O)OCC1c2ccccc2-c2ccccc21. The molecule has 4 rings (SSSR count). The predicted molar refractivity (Wildman–Crippen MR) is 124 cm³/mol. The minimum atomic E-state index is -3.86. The highest BCUT2D eigenvalue weighted by Gasteiger charge is 2.40. The Bertz CT molecular complexity index is 1060. The van der Waals surface area contributed by atoms with Crippen molar-refractivity contribution in [3.63, 3.8) is 0 Å². The molecular weight excluding hydrogens is 458 g/mol. The van der Waals surface area contributed by atoms with Gasteiger partial charge in [0.15, 0.2) is 0 Å². The molecule has 0 spiro atoms. The molecule has 2 aromatic rings. The van der Waals surface area contributed by atoms with Crippen molar-refractivity contribution in [3.8, 4) is 11.1 Å². The highest BCUT2D eigenvalue weighted by Crippen LogP contribution is 2.44. The molecule has 9 heteroatoms. The maximum Gasteiger partial charge on any atom is 0.407 e. The molecule has 0 heterocycles. The molecule has 0 saturated heterocycles. The maximum atomic E-state index is 14.3. The standard InChI is InChI=1S/C26H28F2N2O5/c27-26(28,24(33)29-13-16-7-1-2-8-17(16)23(31)32)15-30-25(34)35-14-22-20-11-5-3-9-18(20)19-10-4-6-12-21(19)22/h3-6,9-12,16-17,22H,1-2,7-8,13-15H2,(H,29,33)(H,30,34)(H,31,32). The first kappa shape index (κ1) is 24.6. The van der Waals surface area contributed by atoms with E-state index in [1.54, 1.807) is 0 Å². The van der Waals surface area contributed by atoms with Gasteiger partial charge in [0.1, 0.15) is 6.61 Å². The predicted octanol–water partition coefficient (Wildman–Crippen LogP) is 4.17. The molecule has 0 radical (unpaired) electrons. The number of carboxylic acid groups (broad SMARTS) is 1. The fourth-order valence-electron chi connectivity index (χ4n) is 5.04. The van der Waals surface area contributed by atoms with Crippen LogP contribution in [0.1, 0.15) is 42.7 Å². The summed E-state index contributed by atoms with van der Waals surface area (Å²) < 4.78 is 33.9. The Labute approximate surface area is 201 Å². The van der Waals surface area contributed by atoms with Crippen molar-refractivity contribution in [2.24, 2.45) is 11.8 Å². The van der Waals surface area contributed by atoms with Crippen LogP contribution in [-0.2, 0) is 14.3 Å². The normalized spacial score (nSPS) is 19.4. The molecule has 2 aliphatic carbocycles. The van der Waals surface area contributed by atoms with Crippen molar-refractivity contribution >= 4 is 18.0 Å². The molecule has 1 saturated carbocycles. The van der Waals surface area contributed by atoms with Gasteiger partial charge in [0.25, 0.3) is 5.91 Å². The van der Waals surface area contributed by atoms with Gasteiger partial charge >= 0.3 is 18.0 Å². The van der Waals surface area contributed by atoms with Gasteiger partial charge in [-0.3, -0.25) is 9.59 Å².